The number of nitrogens with zero attached hydrogens (tertiary/aromatic N) is 2. The first-order valence-corrected chi connectivity index (χ1v) is 12.0. The Morgan fingerprint density at radius 3 is 2.36 bits per heavy atom. The molecule has 4 rings (SSSR count). The van der Waals surface area contributed by atoms with E-state index in [1.54, 1.807) is 36.4 Å². The van der Waals surface area contributed by atoms with Gasteiger partial charge in [-0.15, -0.1) is 0 Å². The quantitative estimate of drug-likeness (QED) is 0.637. The van der Waals surface area contributed by atoms with Crippen molar-refractivity contribution < 1.29 is 9.59 Å². The third-order valence-electron chi connectivity index (χ3n) is 6.83. The fourth-order valence-corrected chi connectivity index (χ4v) is 4.68. The standard InChI is InChI=1S/C26H29ClN4O2/c27-24-13-10-22(30-25(32)18-2-1-3-18)14-20(24)16-31(23-11-8-21(29)9-12-23)26(33)19-6-4-17(15-28)5-7-19/h4-7,10,13-14,18,21,23H,1-3,8-9,11-12,16,29H2,(H,30,32). The van der Waals surface area contributed by atoms with Crippen LogP contribution < -0.4 is 11.1 Å². The van der Waals surface area contributed by atoms with E-state index in [4.69, 9.17) is 22.6 Å². The molecule has 0 bridgehead atoms. The molecule has 172 valence electrons. The Morgan fingerprint density at radius 2 is 1.76 bits per heavy atom. The second-order valence-corrected chi connectivity index (χ2v) is 9.52. The van der Waals surface area contributed by atoms with Crippen molar-refractivity contribution in [2.24, 2.45) is 11.7 Å². The average molecular weight is 465 g/mol. The summed E-state index contributed by atoms with van der Waals surface area (Å²) < 4.78 is 0. The number of nitrogens with two attached hydrogens (primary N) is 1. The van der Waals surface area contributed by atoms with Gasteiger partial charge in [-0.3, -0.25) is 9.59 Å². The smallest absolute Gasteiger partial charge is 0.254 e. The van der Waals surface area contributed by atoms with Crippen LogP contribution in [0.2, 0.25) is 5.02 Å². The minimum absolute atomic E-state index is 0.0429. The van der Waals surface area contributed by atoms with Crippen molar-refractivity contribution in [2.45, 2.75) is 63.6 Å². The van der Waals surface area contributed by atoms with Gasteiger partial charge in [0.05, 0.1) is 11.6 Å². The Bertz CT molecular complexity index is 1050. The van der Waals surface area contributed by atoms with Crippen LogP contribution in [0, 0.1) is 17.2 Å². The van der Waals surface area contributed by atoms with Crippen LogP contribution in [-0.4, -0.2) is 28.8 Å². The second kappa shape index (κ2) is 10.4. The number of nitriles is 1. The van der Waals surface area contributed by atoms with Crippen LogP contribution in [0.25, 0.3) is 0 Å². The molecule has 0 unspecified atom stereocenters. The molecule has 2 saturated carbocycles. The van der Waals surface area contributed by atoms with Gasteiger partial charge in [0.1, 0.15) is 0 Å². The van der Waals surface area contributed by atoms with Gasteiger partial charge in [0.25, 0.3) is 5.91 Å². The first-order chi connectivity index (χ1) is 15.9. The lowest BCUT2D eigenvalue weighted by Gasteiger charge is -2.36. The van der Waals surface area contributed by atoms with Gasteiger partial charge in [-0.25, -0.2) is 0 Å². The molecule has 2 aliphatic rings. The van der Waals surface area contributed by atoms with E-state index >= 15 is 0 Å². The Labute approximate surface area is 199 Å². The Morgan fingerprint density at radius 1 is 1.06 bits per heavy atom. The largest absolute Gasteiger partial charge is 0.331 e. The first-order valence-electron chi connectivity index (χ1n) is 11.6. The molecule has 2 aromatic carbocycles. The van der Waals surface area contributed by atoms with Crippen LogP contribution in [0.4, 0.5) is 5.69 Å². The van der Waals surface area contributed by atoms with Gasteiger partial charge in [0.15, 0.2) is 0 Å². The number of hydrogen-bond acceptors (Lipinski definition) is 4. The highest BCUT2D eigenvalue weighted by atomic mass is 35.5. The molecule has 33 heavy (non-hydrogen) atoms. The monoisotopic (exact) mass is 464 g/mol. The Balaban J connectivity index is 1.57. The maximum atomic E-state index is 13.5. The summed E-state index contributed by atoms with van der Waals surface area (Å²) in [6, 6.07) is 14.5. The number of hydrogen-bond donors (Lipinski definition) is 2. The van der Waals surface area contributed by atoms with Crippen LogP contribution in [0.1, 0.15) is 66.4 Å². The molecule has 2 amide bonds. The molecule has 0 atom stereocenters. The maximum Gasteiger partial charge on any atom is 0.254 e. The number of rotatable bonds is 6. The van der Waals surface area contributed by atoms with E-state index < -0.39 is 0 Å². The third kappa shape index (κ3) is 5.55. The summed E-state index contributed by atoms with van der Waals surface area (Å²) in [5.41, 5.74) is 8.64. The van der Waals surface area contributed by atoms with Crippen molar-refractivity contribution in [1.82, 2.24) is 4.90 Å². The van der Waals surface area contributed by atoms with E-state index in [0.717, 1.165) is 50.5 Å². The van der Waals surface area contributed by atoms with Gasteiger partial charge >= 0.3 is 0 Å². The van der Waals surface area contributed by atoms with Gasteiger partial charge in [0, 0.05) is 40.8 Å². The molecule has 2 aliphatic carbocycles. The fraction of sp³-hybridized carbons (Fsp3) is 0.423. The van der Waals surface area contributed by atoms with Gasteiger partial charge in [-0.2, -0.15) is 5.26 Å². The Kier molecular flexibility index (Phi) is 7.32. The highest BCUT2D eigenvalue weighted by Crippen LogP contribution is 2.30. The van der Waals surface area contributed by atoms with E-state index in [1.807, 2.05) is 11.0 Å². The molecule has 0 heterocycles. The summed E-state index contributed by atoms with van der Waals surface area (Å²) in [6.45, 7) is 0.338. The molecule has 0 aliphatic heterocycles. The zero-order chi connectivity index (χ0) is 23.4. The van der Waals surface area contributed by atoms with E-state index in [0.29, 0.717) is 28.4 Å². The van der Waals surface area contributed by atoms with Crippen molar-refractivity contribution in [1.29, 1.82) is 5.26 Å². The number of anilines is 1. The minimum Gasteiger partial charge on any atom is -0.331 e. The van der Waals surface area contributed by atoms with Crippen molar-refractivity contribution in [3.63, 3.8) is 0 Å². The van der Waals surface area contributed by atoms with Gasteiger partial charge in [-0.1, -0.05) is 18.0 Å². The lowest BCUT2D eigenvalue weighted by molar-refractivity contribution is -0.122. The maximum absolute atomic E-state index is 13.5. The summed E-state index contributed by atoms with van der Waals surface area (Å²) >= 11 is 6.52. The topological polar surface area (TPSA) is 99.2 Å². The molecule has 0 saturated heterocycles. The van der Waals surface area contributed by atoms with Crippen LogP contribution in [0.5, 0.6) is 0 Å². The number of nitrogens with one attached hydrogen (secondary N) is 1. The van der Waals surface area contributed by atoms with Gasteiger partial charge in [-0.05, 0) is 86.6 Å². The molecule has 0 radical (unpaired) electrons. The lowest BCUT2D eigenvalue weighted by Crippen LogP contribution is -2.44. The van der Waals surface area contributed by atoms with Crippen molar-refractivity contribution >= 4 is 29.1 Å². The van der Waals surface area contributed by atoms with E-state index in [1.165, 1.54) is 0 Å². The normalized spacial score (nSPS) is 20.4. The van der Waals surface area contributed by atoms with E-state index in [-0.39, 0.29) is 29.8 Å². The van der Waals surface area contributed by atoms with Crippen LogP contribution in [0.3, 0.4) is 0 Å². The summed E-state index contributed by atoms with van der Waals surface area (Å²) in [7, 11) is 0. The molecule has 0 spiro atoms. The number of halogens is 1. The van der Waals surface area contributed by atoms with E-state index in [9.17, 15) is 9.59 Å². The third-order valence-corrected chi connectivity index (χ3v) is 7.20. The highest BCUT2D eigenvalue weighted by molar-refractivity contribution is 6.31. The highest BCUT2D eigenvalue weighted by Gasteiger charge is 2.29. The molecule has 7 heteroatoms. The number of carbonyl (C=O) groups excluding carboxylic acids is 2. The van der Waals surface area contributed by atoms with Crippen molar-refractivity contribution in [2.75, 3.05) is 5.32 Å². The van der Waals surface area contributed by atoms with Crippen LogP contribution in [0.15, 0.2) is 42.5 Å². The lowest BCUT2D eigenvalue weighted by atomic mass is 9.85. The summed E-state index contributed by atoms with van der Waals surface area (Å²) in [4.78, 5) is 27.8. The molecule has 6 nitrogen and oxygen atoms in total. The van der Waals surface area contributed by atoms with Crippen molar-refractivity contribution in [3.8, 4) is 6.07 Å². The molecular formula is C26H29ClN4O2. The second-order valence-electron chi connectivity index (χ2n) is 9.11. The van der Waals surface area contributed by atoms with E-state index in [2.05, 4.69) is 11.4 Å². The predicted octanol–water partition coefficient (Wildman–Crippen LogP) is 4.86. The summed E-state index contributed by atoms with van der Waals surface area (Å²) in [6.07, 6.45) is 6.37. The first kappa shape index (κ1) is 23.3. The average Bonchev–Trinajstić information content (AvgIpc) is 2.78. The predicted molar refractivity (Wildman–Crippen MR) is 129 cm³/mol. The number of carbonyl (C=O) groups is 2. The van der Waals surface area contributed by atoms with Crippen LogP contribution >= 0.6 is 11.6 Å². The minimum atomic E-state index is -0.0973. The molecule has 3 N–H and O–H groups in total. The number of benzene rings is 2. The Hall–Kier alpha value is -2.88. The fourth-order valence-electron chi connectivity index (χ4n) is 4.51. The van der Waals surface area contributed by atoms with Gasteiger partial charge in [0.2, 0.25) is 5.91 Å². The molecule has 2 fully saturated rings. The molecular weight excluding hydrogens is 436 g/mol. The molecule has 2 aromatic rings. The zero-order valence-electron chi connectivity index (χ0n) is 18.6. The van der Waals surface area contributed by atoms with Gasteiger partial charge < -0.3 is 16.0 Å². The summed E-state index contributed by atoms with van der Waals surface area (Å²) in [5.74, 6) is 0.0336. The number of amides is 2. The summed E-state index contributed by atoms with van der Waals surface area (Å²) in [5, 5.41) is 12.6. The van der Waals surface area contributed by atoms with Crippen molar-refractivity contribution in [3.05, 3.63) is 64.2 Å². The SMILES string of the molecule is N#Cc1ccc(C(=O)N(Cc2cc(NC(=O)C3CCC3)ccc2Cl)C2CCC(N)CC2)cc1. The zero-order valence-corrected chi connectivity index (χ0v) is 19.4. The van der Waals surface area contributed by atoms with Crippen LogP contribution in [-0.2, 0) is 11.3 Å². The molecule has 0 aromatic heterocycles.